The molecule has 0 unspecified atom stereocenters. The van der Waals surface area contributed by atoms with Crippen molar-refractivity contribution < 1.29 is 4.79 Å². The number of fused-ring (bicyclic) bond motifs is 1. The molecular formula is C11H9BrN2O2. The van der Waals surface area contributed by atoms with E-state index in [9.17, 15) is 9.59 Å². The molecule has 0 aliphatic heterocycles. The van der Waals surface area contributed by atoms with Crippen molar-refractivity contribution in [2.75, 3.05) is 5.32 Å². The molecule has 1 aromatic heterocycles. The highest BCUT2D eigenvalue weighted by Crippen LogP contribution is 2.16. The maximum Gasteiger partial charge on any atom is 0.222 e. The molecule has 0 bridgehead atoms. The smallest absolute Gasteiger partial charge is 0.222 e. The van der Waals surface area contributed by atoms with E-state index in [0.717, 1.165) is 4.47 Å². The summed E-state index contributed by atoms with van der Waals surface area (Å²) in [5.41, 5.74) is 0.568. The monoisotopic (exact) mass is 280 g/mol. The summed E-state index contributed by atoms with van der Waals surface area (Å²) in [6, 6.07) is 6.73. The molecule has 0 aliphatic carbocycles. The number of rotatable bonds is 1. The first-order chi connectivity index (χ1) is 7.56. The molecule has 2 N–H and O–H groups in total. The van der Waals surface area contributed by atoms with Crippen molar-refractivity contribution in [1.29, 1.82) is 0 Å². The van der Waals surface area contributed by atoms with Gasteiger partial charge in [-0.15, -0.1) is 0 Å². The van der Waals surface area contributed by atoms with E-state index in [4.69, 9.17) is 0 Å². The summed E-state index contributed by atoms with van der Waals surface area (Å²) in [6.07, 6.45) is 0. The van der Waals surface area contributed by atoms with Gasteiger partial charge in [0.15, 0.2) is 5.43 Å². The average molecular weight is 281 g/mol. The predicted octanol–water partition coefficient (Wildman–Crippen LogP) is 2.25. The zero-order valence-corrected chi connectivity index (χ0v) is 10.1. The Balaban J connectivity index is 2.64. The molecule has 16 heavy (non-hydrogen) atoms. The molecule has 5 heteroatoms. The van der Waals surface area contributed by atoms with Crippen LogP contribution in [-0.4, -0.2) is 10.9 Å². The van der Waals surface area contributed by atoms with Gasteiger partial charge in [-0.05, 0) is 18.2 Å². The summed E-state index contributed by atoms with van der Waals surface area (Å²) in [6.45, 7) is 1.39. The zero-order chi connectivity index (χ0) is 11.7. The van der Waals surface area contributed by atoms with Gasteiger partial charge >= 0.3 is 0 Å². The van der Waals surface area contributed by atoms with E-state index in [2.05, 4.69) is 26.2 Å². The minimum atomic E-state index is -0.216. The Kier molecular flexibility index (Phi) is 2.78. The third-order valence-electron chi connectivity index (χ3n) is 2.10. The van der Waals surface area contributed by atoms with Crippen molar-refractivity contribution in [3.05, 3.63) is 39.0 Å². The van der Waals surface area contributed by atoms with Crippen LogP contribution in [0.25, 0.3) is 10.9 Å². The first-order valence-corrected chi connectivity index (χ1v) is 5.46. The van der Waals surface area contributed by atoms with E-state index in [1.54, 1.807) is 12.1 Å². The average Bonchev–Trinajstić information content (AvgIpc) is 2.18. The van der Waals surface area contributed by atoms with Gasteiger partial charge in [-0.2, -0.15) is 0 Å². The lowest BCUT2D eigenvalue weighted by Crippen LogP contribution is -2.11. The molecule has 0 radical (unpaired) electrons. The Bertz CT molecular complexity index is 619. The van der Waals surface area contributed by atoms with Gasteiger partial charge in [0.25, 0.3) is 0 Å². The van der Waals surface area contributed by atoms with Gasteiger partial charge in [0, 0.05) is 22.8 Å². The number of nitrogens with one attached hydrogen (secondary N) is 2. The van der Waals surface area contributed by atoms with Crippen molar-refractivity contribution in [2.45, 2.75) is 6.92 Å². The molecule has 4 nitrogen and oxygen atoms in total. The largest absolute Gasteiger partial charge is 0.341 e. The molecule has 2 rings (SSSR count). The third-order valence-corrected chi connectivity index (χ3v) is 2.60. The van der Waals surface area contributed by atoms with Gasteiger partial charge in [0.1, 0.15) is 5.82 Å². The van der Waals surface area contributed by atoms with Gasteiger partial charge in [0.2, 0.25) is 5.91 Å². The SMILES string of the molecule is CC(=O)Nc1cc(=O)c2cc(Br)ccc2[nH]1. The number of aromatic nitrogens is 1. The Labute approximate surface area is 99.8 Å². The van der Waals surface area contributed by atoms with Crippen LogP contribution >= 0.6 is 15.9 Å². The number of anilines is 1. The first-order valence-electron chi connectivity index (χ1n) is 4.66. The molecular weight excluding hydrogens is 272 g/mol. The van der Waals surface area contributed by atoms with Gasteiger partial charge in [0.05, 0.1) is 5.52 Å². The number of amides is 1. The number of benzene rings is 1. The maximum absolute atomic E-state index is 11.7. The molecule has 0 atom stereocenters. The molecule has 0 saturated carbocycles. The molecule has 0 saturated heterocycles. The highest BCUT2D eigenvalue weighted by molar-refractivity contribution is 9.10. The number of H-pyrrole nitrogens is 1. The van der Waals surface area contributed by atoms with E-state index in [1.165, 1.54) is 13.0 Å². The standard InChI is InChI=1S/C11H9BrN2O2/c1-6(15)13-11-5-10(16)8-4-7(12)2-3-9(8)14-11/h2-5H,1H3,(H2,13,14,15,16). The fourth-order valence-electron chi connectivity index (χ4n) is 1.48. The van der Waals surface area contributed by atoms with E-state index >= 15 is 0 Å². The number of halogens is 1. The van der Waals surface area contributed by atoms with Crippen LogP contribution in [0.2, 0.25) is 0 Å². The first kappa shape index (κ1) is 10.9. The molecule has 0 fully saturated rings. The minimum Gasteiger partial charge on any atom is -0.341 e. The van der Waals surface area contributed by atoms with Crippen LogP contribution in [-0.2, 0) is 4.79 Å². The van der Waals surface area contributed by atoms with Gasteiger partial charge in [-0.3, -0.25) is 9.59 Å². The van der Waals surface area contributed by atoms with Gasteiger partial charge in [-0.1, -0.05) is 15.9 Å². The Hall–Kier alpha value is -1.62. The Morgan fingerprint density at radius 3 is 2.81 bits per heavy atom. The van der Waals surface area contributed by atoms with Crippen LogP contribution < -0.4 is 10.7 Å². The van der Waals surface area contributed by atoms with Crippen molar-refractivity contribution in [2.24, 2.45) is 0 Å². The lowest BCUT2D eigenvalue weighted by Gasteiger charge is -2.04. The number of carbonyl (C=O) groups is 1. The summed E-state index contributed by atoms with van der Waals surface area (Å²) in [5.74, 6) is 0.194. The van der Waals surface area contributed by atoms with Crippen molar-refractivity contribution in [3.63, 3.8) is 0 Å². The summed E-state index contributed by atoms with van der Waals surface area (Å²) < 4.78 is 0.845. The second kappa shape index (κ2) is 4.09. The van der Waals surface area contributed by atoms with E-state index < -0.39 is 0 Å². The van der Waals surface area contributed by atoms with Crippen molar-refractivity contribution in [3.8, 4) is 0 Å². The molecule has 0 aliphatic rings. The second-order valence-corrected chi connectivity index (χ2v) is 4.33. The minimum absolute atomic E-state index is 0.126. The van der Waals surface area contributed by atoms with Gasteiger partial charge < -0.3 is 10.3 Å². The highest BCUT2D eigenvalue weighted by Gasteiger charge is 2.03. The van der Waals surface area contributed by atoms with Gasteiger partial charge in [-0.25, -0.2) is 0 Å². The molecule has 1 amide bonds. The van der Waals surface area contributed by atoms with Crippen LogP contribution in [0, 0.1) is 0 Å². The normalized spacial score (nSPS) is 10.4. The summed E-state index contributed by atoms with van der Waals surface area (Å²) in [4.78, 5) is 25.6. The fourth-order valence-corrected chi connectivity index (χ4v) is 1.84. The molecule has 82 valence electrons. The Morgan fingerprint density at radius 2 is 2.12 bits per heavy atom. The molecule has 2 aromatic rings. The van der Waals surface area contributed by atoms with Crippen LogP contribution in [0.5, 0.6) is 0 Å². The fraction of sp³-hybridized carbons (Fsp3) is 0.0909. The quantitative estimate of drug-likeness (QED) is 0.842. The second-order valence-electron chi connectivity index (χ2n) is 3.42. The lowest BCUT2D eigenvalue weighted by molar-refractivity contribution is -0.114. The van der Waals surface area contributed by atoms with E-state index in [1.807, 2.05) is 6.07 Å². The van der Waals surface area contributed by atoms with Crippen molar-refractivity contribution in [1.82, 2.24) is 4.98 Å². The number of hydrogen-bond acceptors (Lipinski definition) is 2. The number of hydrogen-bond donors (Lipinski definition) is 2. The van der Waals surface area contributed by atoms with Crippen LogP contribution in [0.4, 0.5) is 5.82 Å². The van der Waals surface area contributed by atoms with Crippen LogP contribution in [0.1, 0.15) is 6.92 Å². The summed E-state index contributed by atoms with van der Waals surface area (Å²) in [5, 5.41) is 3.13. The molecule has 1 heterocycles. The zero-order valence-electron chi connectivity index (χ0n) is 8.50. The number of carbonyl (C=O) groups excluding carboxylic acids is 1. The molecule has 1 aromatic carbocycles. The third kappa shape index (κ3) is 2.14. The molecule has 0 spiro atoms. The summed E-state index contributed by atoms with van der Waals surface area (Å²) >= 11 is 3.30. The van der Waals surface area contributed by atoms with Crippen LogP contribution in [0.15, 0.2) is 33.5 Å². The van der Waals surface area contributed by atoms with Crippen LogP contribution in [0.3, 0.4) is 0 Å². The van der Waals surface area contributed by atoms with E-state index in [-0.39, 0.29) is 11.3 Å². The summed E-state index contributed by atoms with van der Waals surface area (Å²) in [7, 11) is 0. The topological polar surface area (TPSA) is 62.0 Å². The Morgan fingerprint density at radius 1 is 1.38 bits per heavy atom. The lowest BCUT2D eigenvalue weighted by atomic mass is 10.2. The maximum atomic E-state index is 11.7. The highest BCUT2D eigenvalue weighted by atomic mass is 79.9. The number of pyridine rings is 1. The van der Waals surface area contributed by atoms with E-state index in [0.29, 0.717) is 16.7 Å². The predicted molar refractivity (Wildman–Crippen MR) is 66.6 cm³/mol. The number of aromatic amines is 1. The van der Waals surface area contributed by atoms with Crippen molar-refractivity contribution >= 4 is 38.6 Å².